The maximum atomic E-state index is 12.0. The van der Waals surface area contributed by atoms with E-state index >= 15 is 0 Å². The fourth-order valence-electron chi connectivity index (χ4n) is 1.69. The number of halogens is 1. The standard InChI is InChI=1S/C12H15BrN2O2/c13-10-4-2-1-3-9(10)5-15-11(16)12(6-14)7-17-8-12/h1-4H,5-8,14H2,(H,15,16). The number of carbonyl (C=O) groups excluding carboxylic acids is 1. The van der Waals surface area contributed by atoms with Gasteiger partial charge in [0, 0.05) is 17.6 Å². The molecular formula is C12H15BrN2O2. The van der Waals surface area contributed by atoms with E-state index in [1.807, 2.05) is 24.3 Å². The molecule has 0 radical (unpaired) electrons. The Labute approximate surface area is 109 Å². The van der Waals surface area contributed by atoms with E-state index in [9.17, 15) is 4.79 Å². The van der Waals surface area contributed by atoms with Gasteiger partial charge in [0.05, 0.1) is 13.2 Å². The minimum atomic E-state index is -0.513. The molecule has 0 aliphatic carbocycles. The van der Waals surface area contributed by atoms with Crippen molar-refractivity contribution in [1.82, 2.24) is 5.32 Å². The summed E-state index contributed by atoms with van der Waals surface area (Å²) >= 11 is 3.44. The Morgan fingerprint density at radius 3 is 2.71 bits per heavy atom. The van der Waals surface area contributed by atoms with E-state index in [0.717, 1.165) is 10.0 Å². The van der Waals surface area contributed by atoms with Gasteiger partial charge < -0.3 is 15.8 Å². The highest BCUT2D eigenvalue weighted by molar-refractivity contribution is 9.10. The molecule has 0 saturated carbocycles. The summed E-state index contributed by atoms with van der Waals surface area (Å²) in [6, 6.07) is 7.80. The van der Waals surface area contributed by atoms with Gasteiger partial charge in [-0.05, 0) is 11.6 Å². The Balaban J connectivity index is 1.95. The number of amides is 1. The van der Waals surface area contributed by atoms with Crippen LogP contribution in [0.3, 0.4) is 0 Å². The predicted molar refractivity (Wildman–Crippen MR) is 68.3 cm³/mol. The first kappa shape index (κ1) is 12.5. The number of benzene rings is 1. The second-order valence-corrected chi connectivity index (χ2v) is 5.11. The van der Waals surface area contributed by atoms with Crippen LogP contribution >= 0.6 is 15.9 Å². The molecule has 3 N–H and O–H groups in total. The van der Waals surface area contributed by atoms with Crippen molar-refractivity contribution in [1.29, 1.82) is 0 Å². The third kappa shape index (κ3) is 2.51. The molecule has 1 aliphatic heterocycles. The highest BCUT2D eigenvalue weighted by atomic mass is 79.9. The fourth-order valence-corrected chi connectivity index (χ4v) is 2.12. The largest absolute Gasteiger partial charge is 0.379 e. The molecule has 0 aromatic heterocycles. The van der Waals surface area contributed by atoms with E-state index in [4.69, 9.17) is 10.5 Å². The van der Waals surface area contributed by atoms with E-state index in [-0.39, 0.29) is 5.91 Å². The quantitative estimate of drug-likeness (QED) is 0.873. The van der Waals surface area contributed by atoms with Crippen molar-refractivity contribution in [2.24, 2.45) is 11.1 Å². The van der Waals surface area contributed by atoms with Gasteiger partial charge in [-0.25, -0.2) is 0 Å². The summed E-state index contributed by atoms with van der Waals surface area (Å²) in [5, 5.41) is 2.90. The van der Waals surface area contributed by atoms with E-state index in [2.05, 4.69) is 21.2 Å². The molecule has 5 heteroatoms. The van der Waals surface area contributed by atoms with Crippen molar-refractivity contribution in [3.05, 3.63) is 34.3 Å². The van der Waals surface area contributed by atoms with Gasteiger partial charge in [-0.2, -0.15) is 0 Å². The second-order valence-electron chi connectivity index (χ2n) is 4.25. The van der Waals surface area contributed by atoms with Crippen molar-refractivity contribution < 1.29 is 9.53 Å². The van der Waals surface area contributed by atoms with Crippen LogP contribution < -0.4 is 11.1 Å². The van der Waals surface area contributed by atoms with Gasteiger partial charge in [-0.15, -0.1) is 0 Å². The zero-order chi connectivity index (χ0) is 12.3. The molecule has 92 valence electrons. The molecule has 0 bridgehead atoms. The van der Waals surface area contributed by atoms with Crippen LogP contribution in [0.25, 0.3) is 0 Å². The highest BCUT2D eigenvalue weighted by Gasteiger charge is 2.44. The molecule has 1 aromatic rings. The van der Waals surface area contributed by atoms with Crippen molar-refractivity contribution >= 4 is 21.8 Å². The Hall–Kier alpha value is -0.910. The minimum Gasteiger partial charge on any atom is -0.379 e. The zero-order valence-electron chi connectivity index (χ0n) is 9.41. The molecule has 1 amide bonds. The van der Waals surface area contributed by atoms with E-state index in [1.54, 1.807) is 0 Å². The molecule has 1 aromatic carbocycles. The lowest BCUT2D eigenvalue weighted by Crippen LogP contribution is -2.58. The average Bonchev–Trinajstić information content (AvgIpc) is 2.27. The Bertz CT molecular complexity index is 413. The van der Waals surface area contributed by atoms with Gasteiger partial charge in [0.2, 0.25) is 5.91 Å². The van der Waals surface area contributed by atoms with Crippen LogP contribution in [0.5, 0.6) is 0 Å². The topological polar surface area (TPSA) is 64.4 Å². The van der Waals surface area contributed by atoms with Crippen LogP contribution in [0.15, 0.2) is 28.7 Å². The summed E-state index contributed by atoms with van der Waals surface area (Å²) in [7, 11) is 0. The SMILES string of the molecule is NCC1(C(=O)NCc2ccccc2Br)COC1. The van der Waals surface area contributed by atoms with Crippen molar-refractivity contribution in [2.45, 2.75) is 6.54 Å². The number of hydrogen-bond donors (Lipinski definition) is 2. The number of hydrogen-bond acceptors (Lipinski definition) is 3. The van der Waals surface area contributed by atoms with Gasteiger partial charge in [-0.3, -0.25) is 4.79 Å². The maximum absolute atomic E-state index is 12.0. The monoisotopic (exact) mass is 298 g/mol. The van der Waals surface area contributed by atoms with Crippen LogP contribution in [0.2, 0.25) is 0 Å². The molecule has 0 atom stereocenters. The van der Waals surface area contributed by atoms with Gasteiger partial charge >= 0.3 is 0 Å². The number of nitrogens with two attached hydrogens (primary N) is 1. The lowest BCUT2D eigenvalue weighted by atomic mass is 9.85. The molecular weight excluding hydrogens is 284 g/mol. The van der Waals surface area contributed by atoms with Gasteiger partial charge in [0.1, 0.15) is 5.41 Å². The first-order valence-corrected chi connectivity index (χ1v) is 6.27. The zero-order valence-corrected chi connectivity index (χ0v) is 11.0. The van der Waals surface area contributed by atoms with Crippen LogP contribution in [0, 0.1) is 5.41 Å². The first-order chi connectivity index (χ1) is 8.18. The van der Waals surface area contributed by atoms with E-state index in [1.165, 1.54) is 0 Å². The summed E-state index contributed by atoms with van der Waals surface area (Å²) in [6.45, 7) is 1.67. The van der Waals surface area contributed by atoms with Gasteiger partial charge in [0.25, 0.3) is 0 Å². The molecule has 2 rings (SSSR count). The second kappa shape index (κ2) is 5.16. The Morgan fingerprint density at radius 1 is 1.47 bits per heavy atom. The lowest BCUT2D eigenvalue weighted by Gasteiger charge is -2.38. The predicted octanol–water partition coefficient (Wildman–Crippen LogP) is 1.04. The van der Waals surface area contributed by atoms with E-state index < -0.39 is 5.41 Å². The lowest BCUT2D eigenvalue weighted by molar-refractivity contribution is -0.159. The number of ether oxygens (including phenoxy) is 1. The summed E-state index contributed by atoms with van der Waals surface area (Å²) < 4.78 is 6.07. The van der Waals surface area contributed by atoms with Crippen LogP contribution in [0.4, 0.5) is 0 Å². The van der Waals surface area contributed by atoms with Gasteiger partial charge in [-0.1, -0.05) is 34.1 Å². The van der Waals surface area contributed by atoms with Crippen molar-refractivity contribution in [3.63, 3.8) is 0 Å². The molecule has 1 aliphatic rings. The van der Waals surface area contributed by atoms with E-state index in [0.29, 0.717) is 26.3 Å². The van der Waals surface area contributed by atoms with Crippen LogP contribution in [-0.4, -0.2) is 25.7 Å². The maximum Gasteiger partial charge on any atom is 0.232 e. The normalized spacial score (nSPS) is 17.3. The summed E-state index contributed by atoms with van der Waals surface area (Å²) in [6.07, 6.45) is 0. The molecule has 0 unspecified atom stereocenters. The van der Waals surface area contributed by atoms with Crippen molar-refractivity contribution in [3.8, 4) is 0 Å². The minimum absolute atomic E-state index is 0.0259. The Kier molecular flexibility index (Phi) is 3.81. The third-order valence-electron chi connectivity index (χ3n) is 3.03. The van der Waals surface area contributed by atoms with Gasteiger partial charge in [0.15, 0.2) is 0 Å². The molecule has 0 spiro atoms. The number of rotatable bonds is 4. The Morgan fingerprint density at radius 2 is 2.18 bits per heavy atom. The summed E-state index contributed by atoms with van der Waals surface area (Å²) in [5.74, 6) is -0.0259. The fraction of sp³-hybridized carbons (Fsp3) is 0.417. The van der Waals surface area contributed by atoms with Crippen LogP contribution in [0.1, 0.15) is 5.56 Å². The first-order valence-electron chi connectivity index (χ1n) is 5.47. The van der Waals surface area contributed by atoms with Crippen LogP contribution in [-0.2, 0) is 16.1 Å². The highest BCUT2D eigenvalue weighted by Crippen LogP contribution is 2.26. The average molecular weight is 299 g/mol. The third-order valence-corrected chi connectivity index (χ3v) is 3.80. The molecule has 1 heterocycles. The molecule has 1 fully saturated rings. The number of carbonyl (C=O) groups is 1. The molecule has 1 saturated heterocycles. The smallest absolute Gasteiger partial charge is 0.232 e. The molecule has 4 nitrogen and oxygen atoms in total. The molecule has 17 heavy (non-hydrogen) atoms. The number of nitrogens with one attached hydrogen (secondary N) is 1. The summed E-state index contributed by atoms with van der Waals surface area (Å²) in [5.41, 5.74) is 6.16. The van der Waals surface area contributed by atoms with Crippen molar-refractivity contribution in [2.75, 3.05) is 19.8 Å². The summed E-state index contributed by atoms with van der Waals surface area (Å²) in [4.78, 5) is 12.0.